The van der Waals surface area contributed by atoms with Crippen LogP contribution in [0.25, 0.3) is 0 Å². The molecule has 1 N–H and O–H groups in total. The predicted octanol–water partition coefficient (Wildman–Crippen LogP) is 2.44. The van der Waals surface area contributed by atoms with E-state index in [1.807, 2.05) is 6.92 Å². The molecule has 1 aliphatic rings. The minimum Gasteiger partial charge on any atom is -0.383 e. The van der Waals surface area contributed by atoms with Crippen LogP contribution < -0.4 is 10.2 Å². The Bertz CT molecular complexity index is 406. The molecular weight excluding hydrogens is 226 g/mol. The topological polar surface area (TPSA) is 37.4 Å². The first-order valence-electron chi connectivity index (χ1n) is 6.61. The first-order chi connectivity index (χ1) is 8.58. The Balaban J connectivity index is 2.15. The number of pyridine rings is 1. The second-order valence-corrected chi connectivity index (χ2v) is 5.25. The number of aromatic nitrogens is 1. The number of hydrogen-bond acceptors (Lipinski definition) is 4. The van der Waals surface area contributed by atoms with E-state index < -0.39 is 0 Å². The Kier molecular flexibility index (Phi) is 4.07. The first-order valence-corrected chi connectivity index (χ1v) is 6.61. The van der Waals surface area contributed by atoms with Crippen LogP contribution in [0.1, 0.15) is 26.0 Å². The summed E-state index contributed by atoms with van der Waals surface area (Å²) in [5.41, 5.74) is 2.20. The van der Waals surface area contributed by atoms with Gasteiger partial charge in [0.2, 0.25) is 0 Å². The van der Waals surface area contributed by atoms with E-state index in [1.54, 1.807) is 7.11 Å². The number of aryl methyl sites for hydroxylation is 1. The molecule has 1 aromatic heterocycles. The highest BCUT2D eigenvalue weighted by molar-refractivity contribution is 5.55. The van der Waals surface area contributed by atoms with E-state index in [4.69, 9.17) is 4.74 Å². The van der Waals surface area contributed by atoms with Gasteiger partial charge < -0.3 is 15.0 Å². The summed E-state index contributed by atoms with van der Waals surface area (Å²) in [6.45, 7) is 8.29. The maximum atomic E-state index is 5.40. The number of hydrogen-bond donors (Lipinski definition) is 1. The molecule has 1 aliphatic heterocycles. The average molecular weight is 249 g/mol. The molecule has 18 heavy (non-hydrogen) atoms. The van der Waals surface area contributed by atoms with E-state index in [2.05, 4.69) is 41.2 Å². The van der Waals surface area contributed by atoms with Gasteiger partial charge in [0, 0.05) is 43.7 Å². The Morgan fingerprint density at radius 1 is 1.44 bits per heavy atom. The van der Waals surface area contributed by atoms with Crippen molar-refractivity contribution < 1.29 is 4.74 Å². The van der Waals surface area contributed by atoms with Crippen LogP contribution in [0.5, 0.6) is 0 Å². The quantitative estimate of drug-likeness (QED) is 0.889. The molecule has 1 fully saturated rings. The van der Waals surface area contributed by atoms with Crippen molar-refractivity contribution in [2.45, 2.75) is 39.3 Å². The van der Waals surface area contributed by atoms with E-state index in [0.717, 1.165) is 36.7 Å². The molecule has 0 saturated carbocycles. The molecule has 2 rings (SSSR count). The smallest absolute Gasteiger partial charge is 0.130 e. The maximum absolute atomic E-state index is 5.40. The Morgan fingerprint density at radius 2 is 2.22 bits per heavy atom. The van der Waals surface area contributed by atoms with Gasteiger partial charge in [0.05, 0.1) is 6.10 Å². The van der Waals surface area contributed by atoms with Gasteiger partial charge >= 0.3 is 0 Å². The third-order valence-electron chi connectivity index (χ3n) is 3.20. The number of rotatable bonds is 4. The molecule has 1 unspecified atom stereocenters. The highest BCUT2D eigenvalue weighted by Crippen LogP contribution is 2.23. The summed E-state index contributed by atoms with van der Waals surface area (Å²) in [6.07, 6.45) is 1.42. The average Bonchev–Trinajstić information content (AvgIpc) is 2.75. The molecule has 100 valence electrons. The zero-order chi connectivity index (χ0) is 13.1. The summed E-state index contributed by atoms with van der Waals surface area (Å²) in [6, 6.07) is 4.66. The summed E-state index contributed by atoms with van der Waals surface area (Å²) in [4.78, 5) is 6.92. The lowest BCUT2D eigenvalue weighted by molar-refractivity contribution is 0.121. The van der Waals surface area contributed by atoms with E-state index in [1.165, 1.54) is 0 Å². The summed E-state index contributed by atoms with van der Waals surface area (Å²) >= 11 is 0. The number of nitrogens with one attached hydrogen (secondary N) is 1. The fourth-order valence-corrected chi connectivity index (χ4v) is 2.36. The van der Waals surface area contributed by atoms with Crippen LogP contribution in [-0.2, 0) is 4.74 Å². The van der Waals surface area contributed by atoms with Gasteiger partial charge in [-0.3, -0.25) is 0 Å². The van der Waals surface area contributed by atoms with Gasteiger partial charge in [-0.05, 0) is 33.3 Å². The third kappa shape index (κ3) is 3.13. The van der Waals surface area contributed by atoms with Crippen LogP contribution in [0.2, 0.25) is 0 Å². The summed E-state index contributed by atoms with van der Waals surface area (Å²) < 4.78 is 5.40. The first kappa shape index (κ1) is 13.1. The van der Waals surface area contributed by atoms with Gasteiger partial charge in [-0.1, -0.05) is 0 Å². The molecule has 0 bridgehead atoms. The van der Waals surface area contributed by atoms with Crippen LogP contribution in [0.4, 0.5) is 11.5 Å². The fraction of sp³-hybridized carbons (Fsp3) is 0.643. The summed E-state index contributed by atoms with van der Waals surface area (Å²) in [7, 11) is 1.78. The Morgan fingerprint density at radius 3 is 2.83 bits per heavy atom. The minimum absolute atomic E-state index is 0.342. The van der Waals surface area contributed by atoms with Gasteiger partial charge in [0.25, 0.3) is 0 Å². The van der Waals surface area contributed by atoms with Gasteiger partial charge in [-0.2, -0.15) is 0 Å². The van der Waals surface area contributed by atoms with Crippen molar-refractivity contribution in [2.75, 3.05) is 30.4 Å². The van der Waals surface area contributed by atoms with Crippen molar-refractivity contribution in [2.24, 2.45) is 0 Å². The van der Waals surface area contributed by atoms with Crippen LogP contribution >= 0.6 is 0 Å². The lowest BCUT2D eigenvalue weighted by Gasteiger charge is -2.20. The van der Waals surface area contributed by atoms with E-state index in [0.29, 0.717) is 12.1 Å². The Labute approximate surface area is 109 Å². The summed E-state index contributed by atoms with van der Waals surface area (Å²) in [5, 5.41) is 3.44. The Hall–Kier alpha value is -1.29. The van der Waals surface area contributed by atoms with Crippen LogP contribution in [0.3, 0.4) is 0 Å². The van der Waals surface area contributed by atoms with Gasteiger partial charge in [0.15, 0.2) is 0 Å². The number of methoxy groups -OCH3 is 1. The van der Waals surface area contributed by atoms with Crippen molar-refractivity contribution in [1.82, 2.24) is 4.98 Å². The molecule has 1 aromatic rings. The van der Waals surface area contributed by atoms with Gasteiger partial charge in [-0.15, -0.1) is 0 Å². The van der Waals surface area contributed by atoms with Crippen LogP contribution in [0, 0.1) is 6.92 Å². The van der Waals surface area contributed by atoms with Crippen LogP contribution in [0.15, 0.2) is 12.1 Å². The molecule has 0 spiro atoms. The van der Waals surface area contributed by atoms with Crippen molar-refractivity contribution >= 4 is 11.5 Å². The van der Waals surface area contributed by atoms with Gasteiger partial charge in [0.1, 0.15) is 5.82 Å². The lowest BCUT2D eigenvalue weighted by atomic mass is 10.2. The molecule has 0 aliphatic carbocycles. The van der Waals surface area contributed by atoms with Crippen molar-refractivity contribution in [3.63, 3.8) is 0 Å². The normalized spacial score (nSPS) is 19.6. The zero-order valence-electron chi connectivity index (χ0n) is 11.7. The van der Waals surface area contributed by atoms with Crippen molar-refractivity contribution in [3.8, 4) is 0 Å². The van der Waals surface area contributed by atoms with Crippen molar-refractivity contribution in [1.29, 1.82) is 0 Å². The van der Waals surface area contributed by atoms with E-state index in [9.17, 15) is 0 Å². The highest BCUT2D eigenvalue weighted by Gasteiger charge is 2.23. The molecule has 1 saturated heterocycles. The van der Waals surface area contributed by atoms with Crippen LogP contribution in [-0.4, -0.2) is 37.3 Å². The molecule has 0 aromatic carbocycles. The molecule has 0 radical (unpaired) electrons. The number of nitrogens with zero attached hydrogens (tertiary/aromatic N) is 2. The van der Waals surface area contributed by atoms with Gasteiger partial charge in [-0.25, -0.2) is 4.98 Å². The molecule has 4 nitrogen and oxygen atoms in total. The lowest BCUT2D eigenvalue weighted by Crippen LogP contribution is -2.23. The van der Waals surface area contributed by atoms with Crippen molar-refractivity contribution in [3.05, 3.63) is 17.8 Å². The number of anilines is 2. The summed E-state index contributed by atoms with van der Waals surface area (Å²) in [5.74, 6) is 1.05. The second-order valence-electron chi connectivity index (χ2n) is 5.25. The molecule has 4 heteroatoms. The molecule has 1 atom stereocenters. The highest BCUT2D eigenvalue weighted by atomic mass is 16.5. The predicted molar refractivity (Wildman–Crippen MR) is 75.4 cm³/mol. The zero-order valence-corrected chi connectivity index (χ0v) is 11.7. The minimum atomic E-state index is 0.342. The van der Waals surface area contributed by atoms with E-state index >= 15 is 0 Å². The van der Waals surface area contributed by atoms with E-state index in [-0.39, 0.29) is 0 Å². The fourth-order valence-electron chi connectivity index (χ4n) is 2.36. The number of ether oxygens (including phenoxy) is 1. The SMILES string of the molecule is COC1CCN(c2cc(NC(C)C)cc(C)n2)C1. The standard InChI is InChI=1S/C14H23N3O/c1-10(2)15-12-7-11(3)16-14(8-12)17-6-5-13(9-17)18-4/h7-8,10,13H,5-6,9H2,1-4H3,(H,15,16). The maximum Gasteiger partial charge on any atom is 0.130 e. The second kappa shape index (κ2) is 5.57. The largest absolute Gasteiger partial charge is 0.383 e. The molecule has 0 amide bonds. The monoisotopic (exact) mass is 249 g/mol. The molecular formula is C14H23N3O. The molecule has 2 heterocycles. The third-order valence-corrected chi connectivity index (χ3v) is 3.20.